The first kappa shape index (κ1) is 26.2. The maximum Gasteiger partial charge on any atom is 0.257 e. The summed E-state index contributed by atoms with van der Waals surface area (Å²) in [7, 11) is 1.56. The Morgan fingerprint density at radius 1 is 1.15 bits per heavy atom. The van der Waals surface area contributed by atoms with Crippen LogP contribution in [0.15, 0.2) is 40.9 Å². The van der Waals surface area contributed by atoms with E-state index in [2.05, 4.69) is 45.3 Å². The fraction of sp³-hybridized carbons (Fsp3) is 0.375. The molecule has 1 heterocycles. The second kappa shape index (κ2) is 11.9. The molecule has 7 nitrogen and oxygen atoms in total. The van der Waals surface area contributed by atoms with Gasteiger partial charge < -0.3 is 19.9 Å². The molecular weight excluding hydrogens is 540 g/mol. The minimum Gasteiger partial charge on any atom is -0.496 e. The zero-order chi connectivity index (χ0) is 24.8. The van der Waals surface area contributed by atoms with E-state index in [1.807, 2.05) is 17.0 Å². The van der Waals surface area contributed by atoms with Crippen LogP contribution in [0.1, 0.15) is 30.6 Å². The van der Waals surface area contributed by atoms with E-state index in [4.69, 9.17) is 28.6 Å². The molecule has 2 aromatic carbocycles. The van der Waals surface area contributed by atoms with Gasteiger partial charge in [-0.2, -0.15) is 0 Å². The zero-order valence-electron chi connectivity index (χ0n) is 19.4. The van der Waals surface area contributed by atoms with Gasteiger partial charge in [-0.05, 0) is 70.5 Å². The molecule has 0 unspecified atom stereocenters. The number of anilines is 2. The van der Waals surface area contributed by atoms with Crippen molar-refractivity contribution in [2.24, 2.45) is 5.92 Å². The molecule has 0 bridgehead atoms. The summed E-state index contributed by atoms with van der Waals surface area (Å²) in [5.74, 6) is 0.819. The number of hydrogen-bond donors (Lipinski definition) is 2. The lowest BCUT2D eigenvalue weighted by Crippen LogP contribution is -2.49. The van der Waals surface area contributed by atoms with Crippen LogP contribution in [0.3, 0.4) is 0 Å². The maximum atomic E-state index is 12.7. The fourth-order valence-electron chi connectivity index (χ4n) is 3.70. The number of methoxy groups -OCH3 is 1. The van der Waals surface area contributed by atoms with Crippen molar-refractivity contribution in [3.05, 3.63) is 51.5 Å². The van der Waals surface area contributed by atoms with Gasteiger partial charge in [-0.1, -0.05) is 25.4 Å². The lowest BCUT2D eigenvalue weighted by Gasteiger charge is -2.37. The van der Waals surface area contributed by atoms with Crippen molar-refractivity contribution < 1.29 is 14.3 Å². The third-order valence-corrected chi connectivity index (χ3v) is 6.46. The minimum atomic E-state index is -0.346. The van der Waals surface area contributed by atoms with Crippen LogP contribution < -0.4 is 20.3 Å². The first-order valence-electron chi connectivity index (χ1n) is 11.0. The average Bonchev–Trinajstić information content (AvgIpc) is 2.78. The molecule has 0 saturated carbocycles. The molecule has 1 aliphatic rings. The molecular formula is C24H28BrClN4O3S. The number of rotatable bonds is 6. The molecule has 0 atom stereocenters. The van der Waals surface area contributed by atoms with Crippen LogP contribution >= 0.6 is 39.7 Å². The predicted molar refractivity (Wildman–Crippen MR) is 144 cm³/mol. The van der Waals surface area contributed by atoms with Crippen LogP contribution in [0.5, 0.6) is 5.75 Å². The average molecular weight is 568 g/mol. The number of amides is 2. The summed E-state index contributed by atoms with van der Waals surface area (Å²) in [6, 6.07) is 10.5. The Morgan fingerprint density at radius 2 is 1.85 bits per heavy atom. The Balaban J connectivity index is 1.66. The molecule has 3 rings (SSSR count). The first-order chi connectivity index (χ1) is 16.2. The first-order valence-corrected chi connectivity index (χ1v) is 12.5. The van der Waals surface area contributed by atoms with E-state index in [1.165, 1.54) is 0 Å². The molecule has 182 valence electrons. The Hall–Kier alpha value is -2.36. The van der Waals surface area contributed by atoms with Crippen molar-refractivity contribution in [3.63, 3.8) is 0 Å². The number of thiocarbonyl (C=S) groups is 1. The van der Waals surface area contributed by atoms with E-state index in [-0.39, 0.29) is 16.9 Å². The van der Waals surface area contributed by atoms with E-state index in [9.17, 15) is 9.59 Å². The molecule has 2 amide bonds. The van der Waals surface area contributed by atoms with Crippen LogP contribution in [0, 0.1) is 5.92 Å². The number of carbonyl (C=O) groups is 2. The van der Waals surface area contributed by atoms with Gasteiger partial charge in [0.25, 0.3) is 5.91 Å². The quantitative estimate of drug-likeness (QED) is 0.482. The zero-order valence-corrected chi connectivity index (χ0v) is 22.5. The summed E-state index contributed by atoms with van der Waals surface area (Å²) >= 11 is 15.0. The number of benzene rings is 2. The SMILES string of the molecule is COc1ccc(C(=O)NC(=S)Nc2cc(Cl)ccc2N2CCN(C(=O)CC(C)C)CC2)cc1Br. The summed E-state index contributed by atoms with van der Waals surface area (Å²) in [6.45, 7) is 6.80. The standard InChI is InChI=1S/C24H28BrClN4O3S/c1-15(2)12-22(31)30-10-8-29(9-11-30)20-6-5-17(26)14-19(20)27-24(34)28-23(32)16-4-7-21(33-3)18(25)13-16/h4-7,13-15H,8-12H2,1-3H3,(H2,27,28,32,34). The van der Waals surface area contributed by atoms with Gasteiger partial charge in [0.2, 0.25) is 5.91 Å². The summed E-state index contributed by atoms with van der Waals surface area (Å²) in [6.07, 6.45) is 0.562. The molecule has 1 saturated heterocycles. The topological polar surface area (TPSA) is 73.9 Å². The fourth-order valence-corrected chi connectivity index (χ4v) is 4.61. The highest BCUT2D eigenvalue weighted by atomic mass is 79.9. The van der Waals surface area contributed by atoms with Crippen molar-refractivity contribution in [1.82, 2.24) is 10.2 Å². The molecule has 1 aliphatic heterocycles. The van der Waals surface area contributed by atoms with Crippen LogP contribution in [0.25, 0.3) is 0 Å². The van der Waals surface area contributed by atoms with Crippen molar-refractivity contribution in [3.8, 4) is 5.75 Å². The smallest absolute Gasteiger partial charge is 0.257 e. The molecule has 2 N–H and O–H groups in total. The van der Waals surface area contributed by atoms with Gasteiger partial charge in [0.05, 0.1) is 23.0 Å². The largest absolute Gasteiger partial charge is 0.496 e. The number of nitrogens with zero attached hydrogens (tertiary/aromatic N) is 2. The van der Waals surface area contributed by atoms with Gasteiger partial charge in [-0.3, -0.25) is 14.9 Å². The Bertz CT molecular complexity index is 1070. The van der Waals surface area contributed by atoms with Gasteiger partial charge in [0.15, 0.2) is 5.11 Å². The molecule has 0 spiro atoms. The molecule has 0 radical (unpaired) electrons. The number of nitrogens with one attached hydrogen (secondary N) is 2. The van der Waals surface area contributed by atoms with E-state index in [1.54, 1.807) is 31.4 Å². The third-order valence-electron chi connectivity index (χ3n) is 5.40. The Labute approximate surface area is 218 Å². The van der Waals surface area contributed by atoms with Gasteiger partial charge in [-0.15, -0.1) is 0 Å². The summed E-state index contributed by atoms with van der Waals surface area (Å²) in [4.78, 5) is 29.1. The molecule has 34 heavy (non-hydrogen) atoms. The van der Waals surface area contributed by atoms with E-state index in [0.717, 1.165) is 5.69 Å². The van der Waals surface area contributed by atoms with Crippen LogP contribution in [-0.4, -0.2) is 55.1 Å². The van der Waals surface area contributed by atoms with Crippen LogP contribution in [-0.2, 0) is 4.79 Å². The van der Waals surface area contributed by atoms with Crippen molar-refractivity contribution in [1.29, 1.82) is 0 Å². The van der Waals surface area contributed by atoms with Gasteiger partial charge in [-0.25, -0.2) is 0 Å². The van der Waals surface area contributed by atoms with Gasteiger partial charge in [0.1, 0.15) is 5.75 Å². The highest BCUT2D eigenvalue weighted by Gasteiger charge is 2.23. The normalized spacial score (nSPS) is 13.6. The highest BCUT2D eigenvalue weighted by molar-refractivity contribution is 9.10. The molecule has 2 aromatic rings. The number of carbonyl (C=O) groups excluding carboxylic acids is 2. The van der Waals surface area contributed by atoms with E-state index < -0.39 is 0 Å². The Kier molecular flexibility index (Phi) is 9.16. The minimum absolute atomic E-state index is 0.159. The van der Waals surface area contributed by atoms with Crippen molar-refractivity contribution in [2.45, 2.75) is 20.3 Å². The molecule has 0 aliphatic carbocycles. The summed E-state index contributed by atoms with van der Waals surface area (Å²) < 4.78 is 5.87. The molecule has 1 fully saturated rings. The summed E-state index contributed by atoms with van der Waals surface area (Å²) in [5.41, 5.74) is 2.03. The number of ether oxygens (including phenoxy) is 1. The molecule has 10 heteroatoms. The van der Waals surface area contributed by atoms with Crippen LogP contribution in [0.4, 0.5) is 11.4 Å². The van der Waals surface area contributed by atoms with E-state index >= 15 is 0 Å². The lowest BCUT2D eigenvalue weighted by molar-refractivity contribution is -0.132. The molecule has 0 aromatic heterocycles. The maximum absolute atomic E-state index is 12.7. The second-order valence-corrected chi connectivity index (χ2v) is 10.1. The van der Waals surface area contributed by atoms with Crippen molar-refractivity contribution in [2.75, 3.05) is 43.5 Å². The second-order valence-electron chi connectivity index (χ2n) is 8.38. The van der Waals surface area contributed by atoms with Crippen LogP contribution in [0.2, 0.25) is 5.02 Å². The highest BCUT2D eigenvalue weighted by Crippen LogP contribution is 2.30. The predicted octanol–water partition coefficient (Wildman–Crippen LogP) is 4.93. The summed E-state index contributed by atoms with van der Waals surface area (Å²) in [5, 5.41) is 6.51. The van der Waals surface area contributed by atoms with Gasteiger partial charge >= 0.3 is 0 Å². The van der Waals surface area contributed by atoms with Gasteiger partial charge in [0, 0.05) is 43.2 Å². The van der Waals surface area contributed by atoms with Crippen molar-refractivity contribution >= 4 is 68.1 Å². The monoisotopic (exact) mass is 566 g/mol. The number of piperazine rings is 1. The number of halogens is 2. The Morgan fingerprint density at radius 3 is 2.47 bits per heavy atom. The lowest BCUT2D eigenvalue weighted by atomic mass is 10.1. The third kappa shape index (κ3) is 6.84. The van der Waals surface area contributed by atoms with E-state index in [0.29, 0.717) is 65.0 Å². The number of hydrogen-bond acceptors (Lipinski definition) is 5.